The van der Waals surface area contributed by atoms with Gasteiger partial charge in [-0.15, -0.1) is 0 Å². The van der Waals surface area contributed by atoms with Crippen molar-refractivity contribution < 1.29 is 14.3 Å². The lowest BCUT2D eigenvalue weighted by Crippen LogP contribution is -2.24. The van der Waals surface area contributed by atoms with Crippen molar-refractivity contribution in [2.45, 2.75) is 38.3 Å². The molecule has 0 fully saturated rings. The van der Waals surface area contributed by atoms with Gasteiger partial charge in [0.05, 0.1) is 24.0 Å². The summed E-state index contributed by atoms with van der Waals surface area (Å²) in [4.78, 5) is 15.7. The summed E-state index contributed by atoms with van der Waals surface area (Å²) in [5.41, 5.74) is 4.17. The molecule has 26 heavy (non-hydrogen) atoms. The molecule has 0 saturated heterocycles. The van der Waals surface area contributed by atoms with Gasteiger partial charge in [-0.1, -0.05) is 34.1 Å². The summed E-state index contributed by atoms with van der Waals surface area (Å²) in [6.07, 6.45) is 5.46. The highest BCUT2D eigenvalue weighted by Gasteiger charge is 2.23. The van der Waals surface area contributed by atoms with Crippen molar-refractivity contribution in [3.63, 3.8) is 0 Å². The third-order valence-corrected chi connectivity index (χ3v) is 4.26. The summed E-state index contributed by atoms with van der Waals surface area (Å²) in [7, 11) is 1.35. The zero-order chi connectivity index (χ0) is 19.3. The van der Waals surface area contributed by atoms with E-state index < -0.39 is 5.60 Å². The molecule has 0 aliphatic carbocycles. The number of alkyl halides is 1. The Morgan fingerprint density at radius 2 is 1.96 bits per heavy atom. The molecule has 1 heterocycles. The van der Waals surface area contributed by atoms with E-state index in [9.17, 15) is 4.79 Å². The minimum Gasteiger partial charge on any atom is -0.465 e. The molecule has 1 unspecified atom stereocenters. The molecule has 0 saturated carbocycles. The number of aromatic nitrogens is 1. The first kappa shape index (κ1) is 20.3. The summed E-state index contributed by atoms with van der Waals surface area (Å²) >= 11 is 3.45. The highest BCUT2D eigenvalue weighted by molar-refractivity contribution is 9.09. The number of nitrogens with zero attached hydrogens (tertiary/aromatic N) is 1. The van der Waals surface area contributed by atoms with E-state index in [0.717, 1.165) is 16.8 Å². The van der Waals surface area contributed by atoms with Crippen molar-refractivity contribution in [2.24, 2.45) is 0 Å². The first-order valence-electron chi connectivity index (χ1n) is 8.38. The quantitative estimate of drug-likeness (QED) is 0.469. The van der Waals surface area contributed by atoms with E-state index in [-0.39, 0.29) is 11.0 Å². The van der Waals surface area contributed by atoms with Crippen molar-refractivity contribution in [1.29, 1.82) is 0 Å². The molecule has 0 aliphatic heterocycles. The van der Waals surface area contributed by atoms with Crippen LogP contribution in [0.3, 0.4) is 0 Å². The molecule has 2 aromatic rings. The number of rotatable bonds is 6. The fraction of sp³-hybridized carbons (Fsp3) is 0.333. The van der Waals surface area contributed by atoms with Crippen LogP contribution in [-0.4, -0.2) is 23.1 Å². The van der Waals surface area contributed by atoms with Gasteiger partial charge in [-0.2, -0.15) is 0 Å². The van der Waals surface area contributed by atoms with Crippen molar-refractivity contribution in [2.75, 3.05) is 7.11 Å². The minimum absolute atomic E-state index is 0.0321. The summed E-state index contributed by atoms with van der Waals surface area (Å²) in [6, 6.07) is 9.81. The second kappa shape index (κ2) is 8.60. The lowest BCUT2D eigenvalue weighted by Gasteiger charge is -2.28. The Balaban J connectivity index is 2.24. The second-order valence-corrected chi connectivity index (χ2v) is 7.83. The van der Waals surface area contributed by atoms with E-state index in [2.05, 4.69) is 64.6 Å². The van der Waals surface area contributed by atoms with Crippen LogP contribution in [0.4, 0.5) is 0 Å². The molecule has 5 heteroatoms. The van der Waals surface area contributed by atoms with Crippen LogP contribution in [0.1, 0.15) is 53.5 Å². The number of esters is 1. The van der Waals surface area contributed by atoms with Gasteiger partial charge in [-0.05, 0) is 68.7 Å². The number of ether oxygens (including phenoxy) is 2. The van der Waals surface area contributed by atoms with Crippen LogP contribution in [0.2, 0.25) is 0 Å². The molecule has 1 aromatic heterocycles. The summed E-state index contributed by atoms with van der Waals surface area (Å²) < 4.78 is 10.6. The zero-order valence-electron chi connectivity index (χ0n) is 15.7. The molecule has 2 rings (SSSR count). The third-order valence-electron chi connectivity index (χ3n) is 4.07. The Labute approximate surface area is 163 Å². The molecule has 4 nitrogen and oxygen atoms in total. The maximum absolute atomic E-state index is 11.5. The molecule has 0 spiro atoms. The van der Waals surface area contributed by atoms with Crippen molar-refractivity contribution in [1.82, 2.24) is 4.98 Å². The van der Waals surface area contributed by atoms with Gasteiger partial charge in [0.15, 0.2) is 0 Å². The van der Waals surface area contributed by atoms with E-state index in [1.54, 1.807) is 12.1 Å². The second-order valence-electron chi connectivity index (χ2n) is 6.54. The number of halogens is 1. The Kier molecular flexibility index (Phi) is 6.73. The maximum Gasteiger partial charge on any atom is 0.339 e. The van der Waals surface area contributed by atoms with Gasteiger partial charge in [0.25, 0.3) is 0 Å². The number of hydrogen-bond donors (Lipinski definition) is 0. The number of aryl methyl sites for hydroxylation is 1. The average Bonchev–Trinajstić information content (AvgIpc) is 2.59. The molecule has 0 aliphatic rings. The van der Waals surface area contributed by atoms with Crippen LogP contribution < -0.4 is 0 Å². The van der Waals surface area contributed by atoms with Gasteiger partial charge in [0, 0.05) is 6.20 Å². The van der Waals surface area contributed by atoms with Crippen molar-refractivity contribution in [3.8, 4) is 0 Å². The molecule has 1 aromatic carbocycles. The maximum atomic E-state index is 11.5. The van der Waals surface area contributed by atoms with Crippen LogP contribution in [0.25, 0.3) is 12.2 Å². The lowest BCUT2D eigenvalue weighted by molar-refractivity contribution is -0.0273. The van der Waals surface area contributed by atoms with Gasteiger partial charge < -0.3 is 9.47 Å². The first-order chi connectivity index (χ1) is 12.2. The molecule has 1 atom stereocenters. The van der Waals surface area contributed by atoms with E-state index in [1.165, 1.54) is 18.9 Å². The number of methoxy groups -OCH3 is 1. The van der Waals surface area contributed by atoms with Gasteiger partial charge in [0.1, 0.15) is 5.01 Å². The van der Waals surface area contributed by atoms with Crippen LogP contribution in [0.15, 0.2) is 36.5 Å². The Morgan fingerprint density at radius 1 is 1.23 bits per heavy atom. The molecule has 0 N–H and O–H groups in total. The standard InChI is InChI=1S/C21H24BrNO3/c1-14-6-9-18(21(3,4)26-15(2)22)12-16(14)7-10-19-11-8-17(13-23-19)20(24)25-5/h6-13,15H,1-5H3. The van der Waals surface area contributed by atoms with Gasteiger partial charge in [0.2, 0.25) is 0 Å². The highest BCUT2D eigenvalue weighted by atomic mass is 79.9. The smallest absolute Gasteiger partial charge is 0.339 e. The van der Waals surface area contributed by atoms with E-state index in [4.69, 9.17) is 4.74 Å². The lowest BCUT2D eigenvalue weighted by atomic mass is 9.94. The Bertz CT molecular complexity index is 795. The van der Waals surface area contributed by atoms with Crippen LogP contribution in [0.5, 0.6) is 0 Å². The van der Waals surface area contributed by atoms with Crippen LogP contribution in [-0.2, 0) is 15.1 Å². The number of benzene rings is 1. The minimum atomic E-state index is -0.403. The predicted molar refractivity (Wildman–Crippen MR) is 108 cm³/mol. The number of hydrogen-bond acceptors (Lipinski definition) is 4. The van der Waals surface area contributed by atoms with Gasteiger partial charge >= 0.3 is 5.97 Å². The first-order valence-corrected chi connectivity index (χ1v) is 9.30. The summed E-state index contributed by atoms with van der Waals surface area (Å²) in [5.74, 6) is -0.389. The molecule has 0 radical (unpaired) electrons. The molecule has 0 bridgehead atoms. The van der Waals surface area contributed by atoms with Crippen LogP contribution in [0, 0.1) is 6.92 Å². The van der Waals surface area contributed by atoms with Gasteiger partial charge in [-0.25, -0.2) is 4.79 Å². The fourth-order valence-electron chi connectivity index (χ4n) is 2.59. The number of carbonyl (C=O) groups is 1. The monoisotopic (exact) mass is 417 g/mol. The largest absolute Gasteiger partial charge is 0.465 e. The normalized spacial score (nSPS) is 13.0. The highest BCUT2D eigenvalue weighted by Crippen LogP contribution is 2.29. The summed E-state index contributed by atoms with van der Waals surface area (Å²) in [5, 5.41) is -0.0321. The molecular formula is C21H24BrNO3. The summed E-state index contributed by atoms with van der Waals surface area (Å²) in [6.45, 7) is 8.13. The van der Waals surface area contributed by atoms with E-state index >= 15 is 0 Å². The Hall–Kier alpha value is -1.98. The van der Waals surface area contributed by atoms with Gasteiger partial charge in [-0.3, -0.25) is 4.98 Å². The van der Waals surface area contributed by atoms with E-state index in [1.807, 2.05) is 19.1 Å². The Morgan fingerprint density at radius 3 is 2.54 bits per heavy atom. The fourth-order valence-corrected chi connectivity index (χ4v) is 3.05. The molecule has 138 valence electrons. The zero-order valence-corrected chi connectivity index (χ0v) is 17.3. The average molecular weight is 418 g/mol. The molecule has 0 amide bonds. The predicted octanol–water partition coefficient (Wildman–Crippen LogP) is 5.34. The van der Waals surface area contributed by atoms with Crippen molar-refractivity contribution in [3.05, 3.63) is 64.5 Å². The van der Waals surface area contributed by atoms with Crippen molar-refractivity contribution >= 4 is 34.1 Å². The topological polar surface area (TPSA) is 48.4 Å². The number of pyridine rings is 1. The van der Waals surface area contributed by atoms with E-state index in [0.29, 0.717) is 5.56 Å². The number of carbonyl (C=O) groups excluding carboxylic acids is 1. The molecular weight excluding hydrogens is 394 g/mol. The van der Waals surface area contributed by atoms with Crippen LogP contribution >= 0.6 is 15.9 Å². The SMILES string of the molecule is COC(=O)c1ccc(C=Cc2cc(C(C)(C)OC(C)Br)ccc2C)nc1. The third kappa shape index (κ3) is 5.26.